The van der Waals surface area contributed by atoms with Gasteiger partial charge in [-0.2, -0.15) is 0 Å². The first-order valence-electron chi connectivity index (χ1n) is 14.2. The fourth-order valence-corrected chi connectivity index (χ4v) is 10.4. The van der Waals surface area contributed by atoms with Gasteiger partial charge in [-0.25, -0.2) is 0 Å². The number of ether oxygens (including phenoxy) is 2. The summed E-state index contributed by atoms with van der Waals surface area (Å²) in [5.41, 5.74) is 1.05. The molecule has 0 bridgehead atoms. The highest BCUT2D eigenvalue weighted by atomic mass is 28.4. The lowest BCUT2D eigenvalue weighted by molar-refractivity contribution is -0.153. The normalized spacial score (nSPS) is 16.0. The van der Waals surface area contributed by atoms with Gasteiger partial charge in [-0.05, 0) is 27.9 Å². The first-order valence-corrected chi connectivity index (χ1v) is 16.1. The Bertz CT molecular complexity index is 1120. The first-order chi connectivity index (χ1) is 19.0. The van der Waals surface area contributed by atoms with Crippen LogP contribution in [0.25, 0.3) is 0 Å². The van der Waals surface area contributed by atoms with Crippen LogP contribution in [0.15, 0.2) is 91.0 Å². The standard InChI is InChI=1S/C34H46O5Si/c1-25(32(38-24-28-17-11-8-12-18-28)26(2)31(35)27(3)33(36)37-7)23-39-40(34(4,5)6,29-19-13-9-14-20-29)30-21-15-10-16-22-30/h8-22,25-27,31-32,35H,23-24H2,1-7H3/t25-,26-,27-,31-,32+/m0/s1. The van der Waals surface area contributed by atoms with Crippen molar-refractivity contribution in [3.63, 3.8) is 0 Å². The van der Waals surface area contributed by atoms with Gasteiger partial charge in [0.1, 0.15) is 0 Å². The summed E-state index contributed by atoms with van der Waals surface area (Å²) < 4.78 is 18.6. The highest BCUT2D eigenvalue weighted by Gasteiger charge is 2.50. The van der Waals surface area contributed by atoms with Crippen molar-refractivity contribution < 1.29 is 23.8 Å². The summed E-state index contributed by atoms with van der Waals surface area (Å²) in [5, 5.41) is 13.5. The number of benzene rings is 3. The van der Waals surface area contributed by atoms with E-state index in [1.54, 1.807) is 6.92 Å². The largest absolute Gasteiger partial charge is 0.469 e. The second kappa shape index (κ2) is 14.2. The minimum atomic E-state index is -2.74. The third-order valence-electron chi connectivity index (χ3n) is 7.97. The van der Waals surface area contributed by atoms with Crippen LogP contribution in [0.4, 0.5) is 0 Å². The number of aliphatic hydroxyl groups excluding tert-OH is 1. The molecule has 0 fully saturated rings. The zero-order valence-corrected chi connectivity index (χ0v) is 26.0. The zero-order chi connectivity index (χ0) is 29.3. The summed E-state index contributed by atoms with van der Waals surface area (Å²) in [4.78, 5) is 12.3. The molecule has 40 heavy (non-hydrogen) atoms. The van der Waals surface area contributed by atoms with Gasteiger partial charge < -0.3 is 19.0 Å². The summed E-state index contributed by atoms with van der Waals surface area (Å²) in [6, 6.07) is 31.1. The van der Waals surface area contributed by atoms with E-state index in [0.717, 1.165) is 5.56 Å². The lowest BCUT2D eigenvalue weighted by Gasteiger charge is -2.44. The molecule has 3 aromatic carbocycles. The molecule has 0 heterocycles. The second-order valence-electron chi connectivity index (χ2n) is 11.9. The lowest BCUT2D eigenvalue weighted by Crippen LogP contribution is -2.67. The van der Waals surface area contributed by atoms with Gasteiger partial charge in [0.05, 0.1) is 31.8 Å². The van der Waals surface area contributed by atoms with Crippen LogP contribution in [-0.4, -0.2) is 45.3 Å². The predicted molar refractivity (Wildman–Crippen MR) is 164 cm³/mol. The minimum absolute atomic E-state index is 0.0696. The molecule has 0 unspecified atom stereocenters. The van der Waals surface area contributed by atoms with Crippen molar-refractivity contribution in [2.75, 3.05) is 13.7 Å². The van der Waals surface area contributed by atoms with Crippen LogP contribution in [0, 0.1) is 17.8 Å². The van der Waals surface area contributed by atoms with E-state index in [1.807, 2.05) is 49.4 Å². The maximum Gasteiger partial charge on any atom is 0.311 e. The van der Waals surface area contributed by atoms with Crippen LogP contribution in [0.5, 0.6) is 0 Å². The highest BCUT2D eigenvalue weighted by Crippen LogP contribution is 2.37. The number of hydrogen-bond donors (Lipinski definition) is 1. The molecule has 6 heteroatoms. The first kappa shape index (κ1) is 31.8. The highest BCUT2D eigenvalue weighted by molar-refractivity contribution is 6.99. The van der Waals surface area contributed by atoms with Gasteiger partial charge >= 0.3 is 5.97 Å². The van der Waals surface area contributed by atoms with E-state index in [1.165, 1.54) is 17.5 Å². The maximum absolute atomic E-state index is 12.3. The summed E-state index contributed by atoms with van der Waals surface area (Å²) >= 11 is 0. The topological polar surface area (TPSA) is 65.0 Å². The van der Waals surface area contributed by atoms with Gasteiger partial charge in [0.15, 0.2) is 0 Å². The van der Waals surface area contributed by atoms with Gasteiger partial charge in [-0.1, -0.05) is 126 Å². The molecule has 216 valence electrons. The van der Waals surface area contributed by atoms with E-state index in [2.05, 4.69) is 76.2 Å². The Hall–Kier alpha value is -2.77. The van der Waals surface area contributed by atoms with E-state index >= 15 is 0 Å². The van der Waals surface area contributed by atoms with E-state index in [4.69, 9.17) is 13.9 Å². The second-order valence-corrected chi connectivity index (χ2v) is 16.2. The van der Waals surface area contributed by atoms with Gasteiger partial charge in [-0.15, -0.1) is 0 Å². The van der Waals surface area contributed by atoms with E-state index in [9.17, 15) is 9.90 Å². The fourth-order valence-electron chi connectivity index (χ4n) is 5.69. The number of methoxy groups -OCH3 is 1. The molecular weight excluding hydrogens is 516 g/mol. The minimum Gasteiger partial charge on any atom is -0.469 e. The van der Waals surface area contributed by atoms with Crippen molar-refractivity contribution in [2.24, 2.45) is 17.8 Å². The number of esters is 1. The molecule has 0 saturated carbocycles. The third kappa shape index (κ3) is 7.29. The fraction of sp³-hybridized carbons (Fsp3) is 0.441. The molecule has 5 nitrogen and oxygen atoms in total. The average molecular weight is 563 g/mol. The number of aliphatic hydroxyl groups is 1. The molecule has 0 aromatic heterocycles. The number of rotatable bonds is 13. The smallest absolute Gasteiger partial charge is 0.311 e. The third-order valence-corrected chi connectivity index (χ3v) is 13.0. The van der Waals surface area contributed by atoms with Crippen LogP contribution < -0.4 is 10.4 Å². The van der Waals surface area contributed by atoms with E-state index in [0.29, 0.717) is 13.2 Å². The summed E-state index contributed by atoms with van der Waals surface area (Å²) in [5.74, 6) is -1.51. The number of carbonyl (C=O) groups is 1. The Kier molecular flexibility index (Phi) is 11.3. The Balaban J connectivity index is 1.95. The molecule has 0 radical (unpaired) electrons. The molecule has 0 aliphatic carbocycles. The van der Waals surface area contributed by atoms with Crippen molar-refractivity contribution in [3.05, 3.63) is 96.6 Å². The SMILES string of the molecule is COC(=O)[C@@H](C)[C@@H](O)[C@H](C)[C@H](OCc1ccccc1)[C@@H](C)CO[Si](c1ccccc1)(c1ccccc1)C(C)(C)C. The van der Waals surface area contributed by atoms with Crippen molar-refractivity contribution in [1.82, 2.24) is 0 Å². The molecule has 3 rings (SSSR count). The Morgan fingerprint density at radius 3 is 1.75 bits per heavy atom. The van der Waals surface area contributed by atoms with Crippen molar-refractivity contribution in [2.45, 2.75) is 65.4 Å². The monoisotopic (exact) mass is 562 g/mol. The molecule has 0 aliphatic rings. The van der Waals surface area contributed by atoms with Gasteiger partial charge in [0.25, 0.3) is 8.32 Å². The molecule has 5 atom stereocenters. The van der Waals surface area contributed by atoms with Crippen LogP contribution in [0.2, 0.25) is 5.04 Å². The van der Waals surface area contributed by atoms with Gasteiger partial charge in [0.2, 0.25) is 0 Å². The summed E-state index contributed by atoms with van der Waals surface area (Å²) in [6.07, 6.45) is -1.29. The molecular formula is C34H46O5Si. The molecule has 0 amide bonds. The Morgan fingerprint density at radius 2 is 1.30 bits per heavy atom. The molecule has 0 spiro atoms. The summed E-state index contributed by atoms with van der Waals surface area (Å²) in [6.45, 7) is 13.4. The van der Waals surface area contributed by atoms with Crippen molar-refractivity contribution in [3.8, 4) is 0 Å². The molecule has 3 aromatic rings. The van der Waals surface area contributed by atoms with Crippen LogP contribution in [0.1, 0.15) is 47.1 Å². The van der Waals surface area contributed by atoms with Crippen molar-refractivity contribution >= 4 is 24.7 Å². The van der Waals surface area contributed by atoms with Crippen molar-refractivity contribution in [1.29, 1.82) is 0 Å². The quantitative estimate of drug-likeness (QED) is 0.217. The lowest BCUT2D eigenvalue weighted by atomic mass is 9.84. The maximum atomic E-state index is 12.3. The van der Waals surface area contributed by atoms with E-state index in [-0.39, 0.29) is 23.0 Å². The Labute approximate surface area is 241 Å². The predicted octanol–water partition coefficient (Wildman–Crippen LogP) is 5.59. The van der Waals surface area contributed by atoms with Crippen LogP contribution in [-0.2, 0) is 25.3 Å². The van der Waals surface area contributed by atoms with Crippen LogP contribution >= 0.6 is 0 Å². The molecule has 0 aliphatic heterocycles. The molecule has 1 N–H and O–H groups in total. The zero-order valence-electron chi connectivity index (χ0n) is 25.0. The number of hydrogen-bond acceptors (Lipinski definition) is 5. The molecule has 0 saturated heterocycles. The summed E-state index contributed by atoms with van der Waals surface area (Å²) in [7, 11) is -1.40. The van der Waals surface area contributed by atoms with Gasteiger partial charge in [0, 0.05) is 18.4 Å². The van der Waals surface area contributed by atoms with E-state index < -0.39 is 26.3 Å². The average Bonchev–Trinajstić information content (AvgIpc) is 2.97. The Morgan fingerprint density at radius 1 is 0.825 bits per heavy atom. The number of carbonyl (C=O) groups excluding carboxylic acids is 1. The van der Waals surface area contributed by atoms with Crippen LogP contribution in [0.3, 0.4) is 0 Å². The van der Waals surface area contributed by atoms with Gasteiger partial charge in [-0.3, -0.25) is 4.79 Å².